The van der Waals surface area contributed by atoms with Crippen molar-refractivity contribution in [1.82, 2.24) is 15.1 Å². The Bertz CT molecular complexity index is 395. The molecule has 7 nitrogen and oxygen atoms in total. The number of methoxy groups -OCH3 is 1. The predicted octanol–water partition coefficient (Wildman–Crippen LogP) is 0.612. The van der Waals surface area contributed by atoms with E-state index in [0.717, 1.165) is 19.3 Å². The van der Waals surface area contributed by atoms with E-state index in [1.54, 1.807) is 16.8 Å². The summed E-state index contributed by atoms with van der Waals surface area (Å²) in [5, 5.41) is 12.0. The van der Waals surface area contributed by atoms with Crippen molar-refractivity contribution in [2.24, 2.45) is 0 Å². The standard InChI is InChI=1S/C16H30N4O3/c1-5-9-20(11-8-17)15(21)12-18-14(6-2)7-10-19(3)16(22)13-23-4/h14,18H,5-7,9-13H2,1-4H3. The smallest absolute Gasteiger partial charge is 0.248 e. The molecule has 1 unspecified atom stereocenters. The van der Waals surface area contributed by atoms with E-state index in [-0.39, 0.29) is 37.6 Å². The van der Waals surface area contributed by atoms with Crippen LogP contribution in [0, 0.1) is 11.3 Å². The first-order valence-corrected chi connectivity index (χ1v) is 8.11. The first kappa shape index (κ1) is 21.4. The lowest BCUT2D eigenvalue weighted by molar-refractivity contribution is -0.134. The molecule has 23 heavy (non-hydrogen) atoms. The molecule has 0 aliphatic carbocycles. The second-order valence-corrected chi connectivity index (χ2v) is 5.50. The Hall–Kier alpha value is -1.65. The average molecular weight is 326 g/mol. The van der Waals surface area contributed by atoms with E-state index in [1.807, 2.05) is 19.9 Å². The second kappa shape index (κ2) is 12.9. The number of amides is 2. The van der Waals surface area contributed by atoms with Crippen LogP contribution in [-0.4, -0.2) is 74.6 Å². The van der Waals surface area contributed by atoms with E-state index in [0.29, 0.717) is 13.1 Å². The number of nitriles is 1. The number of nitrogens with zero attached hydrogens (tertiary/aromatic N) is 3. The minimum Gasteiger partial charge on any atom is -0.375 e. The lowest BCUT2D eigenvalue weighted by atomic mass is 10.1. The first-order valence-electron chi connectivity index (χ1n) is 8.11. The van der Waals surface area contributed by atoms with Gasteiger partial charge in [-0.3, -0.25) is 9.59 Å². The van der Waals surface area contributed by atoms with E-state index in [4.69, 9.17) is 10.00 Å². The monoisotopic (exact) mass is 326 g/mol. The molecule has 2 amide bonds. The highest BCUT2D eigenvalue weighted by molar-refractivity contribution is 5.78. The molecule has 0 radical (unpaired) electrons. The topological polar surface area (TPSA) is 85.7 Å². The van der Waals surface area contributed by atoms with Crippen molar-refractivity contribution in [2.75, 3.05) is 46.9 Å². The molecule has 0 aliphatic heterocycles. The van der Waals surface area contributed by atoms with Crippen molar-refractivity contribution in [3.63, 3.8) is 0 Å². The van der Waals surface area contributed by atoms with Gasteiger partial charge in [-0.05, 0) is 19.3 Å². The van der Waals surface area contributed by atoms with Gasteiger partial charge in [0.2, 0.25) is 11.8 Å². The Labute approximate surface area is 139 Å². The van der Waals surface area contributed by atoms with Gasteiger partial charge in [-0.15, -0.1) is 0 Å². The highest BCUT2D eigenvalue weighted by Crippen LogP contribution is 2.01. The minimum absolute atomic E-state index is 0.0541. The zero-order chi connectivity index (χ0) is 17.7. The number of likely N-dealkylation sites (N-methyl/N-ethyl adjacent to an activating group) is 1. The van der Waals surface area contributed by atoms with Gasteiger partial charge in [-0.1, -0.05) is 13.8 Å². The van der Waals surface area contributed by atoms with Gasteiger partial charge in [0.05, 0.1) is 12.6 Å². The number of carbonyl (C=O) groups is 2. The van der Waals surface area contributed by atoms with E-state index < -0.39 is 0 Å². The maximum Gasteiger partial charge on any atom is 0.248 e. The normalized spacial score (nSPS) is 11.6. The van der Waals surface area contributed by atoms with Gasteiger partial charge in [0.15, 0.2) is 0 Å². The number of hydrogen-bond donors (Lipinski definition) is 1. The molecule has 0 bridgehead atoms. The molecule has 1 N–H and O–H groups in total. The van der Waals surface area contributed by atoms with E-state index >= 15 is 0 Å². The number of rotatable bonds is 12. The van der Waals surface area contributed by atoms with Gasteiger partial charge in [-0.25, -0.2) is 0 Å². The van der Waals surface area contributed by atoms with Crippen LogP contribution < -0.4 is 5.32 Å². The predicted molar refractivity (Wildman–Crippen MR) is 88.7 cm³/mol. The summed E-state index contributed by atoms with van der Waals surface area (Å²) in [6.45, 7) is 5.65. The molecule has 0 rings (SSSR count). The zero-order valence-electron chi connectivity index (χ0n) is 14.8. The van der Waals surface area contributed by atoms with Crippen molar-refractivity contribution in [3.05, 3.63) is 0 Å². The summed E-state index contributed by atoms with van der Waals surface area (Å²) in [6.07, 6.45) is 2.46. The van der Waals surface area contributed by atoms with Gasteiger partial charge in [0.1, 0.15) is 13.2 Å². The molecule has 0 aromatic rings. The summed E-state index contributed by atoms with van der Waals surface area (Å²) in [7, 11) is 3.24. The van der Waals surface area contributed by atoms with Gasteiger partial charge < -0.3 is 19.9 Å². The molecule has 0 aliphatic rings. The van der Waals surface area contributed by atoms with Crippen LogP contribution in [0.15, 0.2) is 0 Å². The summed E-state index contributed by atoms with van der Waals surface area (Å²) >= 11 is 0. The first-order chi connectivity index (χ1) is 11.0. The highest BCUT2D eigenvalue weighted by Gasteiger charge is 2.15. The largest absolute Gasteiger partial charge is 0.375 e. The molecular weight excluding hydrogens is 296 g/mol. The van der Waals surface area contributed by atoms with Crippen LogP contribution in [0.3, 0.4) is 0 Å². The molecule has 0 saturated carbocycles. The van der Waals surface area contributed by atoms with Crippen LogP contribution in [0.25, 0.3) is 0 Å². The number of ether oxygens (including phenoxy) is 1. The third kappa shape index (κ3) is 9.16. The quantitative estimate of drug-likeness (QED) is 0.531. The van der Waals surface area contributed by atoms with Gasteiger partial charge in [-0.2, -0.15) is 5.26 Å². The molecule has 0 spiro atoms. The Morgan fingerprint density at radius 1 is 1.26 bits per heavy atom. The SMILES string of the molecule is CCCN(CC#N)C(=O)CNC(CC)CCN(C)C(=O)COC. The van der Waals surface area contributed by atoms with Gasteiger partial charge in [0.25, 0.3) is 0 Å². The Balaban J connectivity index is 4.25. The van der Waals surface area contributed by atoms with Gasteiger partial charge >= 0.3 is 0 Å². The van der Waals surface area contributed by atoms with Crippen molar-refractivity contribution in [1.29, 1.82) is 5.26 Å². The van der Waals surface area contributed by atoms with Gasteiger partial charge in [0, 0.05) is 33.3 Å². The zero-order valence-corrected chi connectivity index (χ0v) is 14.8. The van der Waals surface area contributed by atoms with Crippen molar-refractivity contribution < 1.29 is 14.3 Å². The maximum atomic E-state index is 12.1. The summed E-state index contributed by atoms with van der Waals surface area (Å²) in [5.41, 5.74) is 0. The molecule has 0 saturated heterocycles. The third-order valence-corrected chi connectivity index (χ3v) is 3.65. The number of nitrogens with one attached hydrogen (secondary N) is 1. The summed E-state index contributed by atoms with van der Waals surface area (Å²) in [4.78, 5) is 26.9. The number of carbonyl (C=O) groups excluding carboxylic acids is 2. The lowest BCUT2D eigenvalue weighted by Gasteiger charge is -2.24. The summed E-state index contributed by atoms with van der Waals surface area (Å²) in [5.74, 6) is -0.114. The Morgan fingerprint density at radius 3 is 2.48 bits per heavy atom. The fraction of sp³-hybridized carbons (Fsp3) is 0.812. The molecule has 0 aromatic carbocycles. The van der Waals surface area contributed by atoms with E-state index in [9.17, 15) is 9.59 Å². The van der Waals surface area contributed by atoms with E-state index in [1.165, 1.54) is 7.11 Å². The van der Waals surface area contributed by atoms with Crippen LogP contribution in [0.4, 0.5) is 0 Å². The molecule has 132 valence electrons. The van der Waals surface area contributed by atoms with Crippen LogP contribution in [0.5, 0.6) is 0 Å². The van der Waals surface area contributed by atoms with Crippen LogP contribution in [0.2, 0.25) is 0 Å². The molecule has 7 heteroatoms. The Morgan fingerprint density at radius 2 is 1.96 bits per heavy atom. The van der Waals surface area contributed by atoms with Crippen LogP contribution in [-0.2, 0) is 14.3 Å². The van der Waals surface area contributed by atoms with E-state index in [2.05, 4.69) is 5.32 Å². The summed E-state index contributed by atoms with van der Waals surface area (Å²) in [6, 6.07) is 2.18. The minimum atomic E-state index is -0.0596. The van der Waals surface area contributed by atoms with Crippen molar-refractivity contribution in [2.45, 2.75) is 39.2 Å². The molecule has 1 atom stereocenters. The third-order valence-electron chi connectivity index (χ3n) is 3.65. The molecule has 0 aromatic heterocycles. The average Bonchev–Trinajstić information content (AvgIpc) is 2.54. The lowest BCUT2D eigenvalue weighted by Crippen LogP contribution is -2.43. The molecular formula is C16H30N4O3. The maximum absolute atomic E-state index is 12.1. The van der Waals surface area contributed by atoms with Crippen molar-refractivity contribution >= 4 is 11.8 Å². The molecule has 0 heterocycles. The number of hydrogen-bond acceptors (Lipinski definition) is 5. The second-order valence-electron chi connectivity index (χ2n) is 5.50. The van der Waals surface area contributed by atoms with Crippen LogP contribution in [0.1, 0.15) is 33.1 Å². The highest BCUT2D eigenvalue weighted by atomic mass is 16.5. The van der Waals surface area contributed by atoms with Crippen LogP contribution >= 0.6 is 0 Å². The fourth-order valence-electron chi connectivity index (χ4n) is 2.15. The Kier molecular flexibility index (Phi) is 11.9. The van der Waals surface area contributed by atoms with Crippen molar-refractivity contribution in [3.8, 4) is 6.07 Å². The fourth-order valence-corrected chi connectivity index (χ4v) is 2.15. The molecule has 0 fully saturated rings. The summed E-state index contributed by atoms with van der Waals surface area (Å²) < 4.78 is 4.83.